The minimum atomic E-state index is 0.0476. The predicted octanol–water partition coefficient (Wildman–Crippen LogP) is 7.64. The lowest BCUT2D eigenvalue weighted by Crippen LogP contribution is -2.19. The van der Waals surface area contributed by atoms with Crippen molar-refractivity contribution in [1.82, 2.24) is 0 Å². The molecule has 0 aromatic heterocycles. The Balaban J connectivity index is 2.35. The van der Waals surface area contributed by atoms with E-state index in [1.165, 1.54) is 11.1 Å². The lowest BCUT2D eigenvalue weighted by molar-refractivity contribution is -0.116. The van der Waals surface area contributed by atoms with E-state index in [0.29, 0.717) is 24.0 Å². The van der Waals surface area contributed by atoms with Gasteiger partial charge in [-0.05, 0) is 41.4 Å². The number of benzene rings is 2. The van der Waals surface area contributed by atoms with Crippen LogP contribution >= 0.6 is 0 Å². The van der Waals surface area contributed by atoms with Crippen LogP contribution in [0.2, 0.25) is 0 Å². The number of methoxy groups -OCH3 is 2. The van der Waals surface area contributed by atoms with Gasteiger partial charge in [0.2, 0.25) is 5.91 Å². The Morgan fingerprint density at radius 1 is 0.875 bits per heavy atom. The first-order valence-corrected chi connectivity index (χ1v) is 12.0. The average molecular weight is 440 g/mol. The van der Waals surface area contributed by atoms with Crippen LogP contribution in [-0.4, -0.2) is 20.1 Å². The first-order valence-electron chi connectivity index (χ1n) is 12.0. The van der Waals surface area contributed by atoms with Gasteiger partial charge < -0.3 is 14.8 Å². The van der Waals surface area contributed by atoms with E-state index in [4.69, 9.17) is 9.47 Å². The number of hydrogen-bond donors (Lipinski definition) is 1. The zero-order chi connectivity index (χ0) is 23.7. The number of rotatable bonds is 12. The molecule has 0 heterocycles. The van der Waals surface area contributed by atoms with Gasteiger partial charge in [0.05, 0.1) is 14.2 Å². The van der Waals surface area contributed by atoms with Crippen LogP contribution < -0.4 is 14.8 Å². The summed E-state index contributed by atoms with van der Waals surface area (Å²) in [6.07, 6.45) is 4.73. The molecular weight excluding hydrogens is 398 g/mol. The maximum atomic E-state index is 13.3. The molecule has 0 aliphatic rings. The molecule has 0 aliphatic carbocycles. The fourth-order valence-electron chi connectivity index (χ4n) is 4.35. The number of amides is 1. The van der Waals surface area contributed by atoms with E-state index >= 15 is 0 Å². The van der Waals surface area contributed by atoms with Crippen LogP contribution in [0, 0.1) is 0 Å². The normalized spacial score (nSPS) is 12.2. The number of nitrogens with one attached hydrogen (secondary N) is 1. The Morgan fingerprint density at radius 2 is 1.47 bits per heavy atom. The Bertz CT molecular complexity index is 847. The van der Waals surface area contributed by atoms with Crippen LogP contribution in [0.15, 0.2) is 36.4 Å². The summed E-state index contributed by atoms with van der Waals surface area (Å²) in [5.74, 6) is 2.23. The number of para-hydroxylation sites is 2. The fraction of sp³-hybridized carbons (Fsp3) is 0.536. The maximum Gasteiger partial charge on any atom is 0.225 e. The Kier molecular flexibility index (Phi) is 10.1. The van der Waals surface area contributed by atoms with Gasteiger partial charge in [0, 0.05) is 17.7 Å². The Labute approximate surface area is 194 Å². The summed E-state index contributed by atoms with van der Waals surface area (Å²) in [5, 5.41) is 3.29. The van der Waals surface area contributed by atoms with E-state index in [1.807, 2.05) is 12.1 Å². The summed E-state index contributed by atoms with van der Waals surface area (Å²) in [7, 11) is 3.31. The molecule has 1 N–H and O–H groups in total. The third-order valence-corrected chi connectivity index (χ3v) is 6.10. The van der Waals surface area contributed by atoms with E-state index in [2.05, 4.69) is 64.2 Å². The average Bonchev–Trinajstić information content (AvgIpc) is 2.77. The first kappa shape index (κ1) is 25.8. The minimum absolute atomic E-state index is 0.0476. The molecule has 2 aromatic carbocycles. The zero-order valence-corrected chi connectivity index (χ0v) is 21.0. The van der Waals surface area contributed by atoms with Crippen LogP contribution in [0.4, 0.5) is 5.69 Å². The van der Waals surface area contributed by atoms with Crippen molar-refractivity contribution in [2.24, 2.45) is 0 Å². The number of carbonyl (C=O) groups excluding carboxylic acids is 1. The SMILES string of the molecule is CCCCC[C@@H](CC(=O)Nc1c(C(C)C)cccc1C(C)C)c1cccc(OC)c1OC. The molecule has 2 rings (SSSR count). The number of unbranched alkanes of at least 4 members (excludes halogenated alkanes) is 2. The molecule has 0 fully saturated rings. The molecule has 0 saturated carbocycles. The summed E-state index contributed by atoms with van der Waals surface area (Å²) < 4.78 is 11.2. The smallest absolute Gasteiger partial charge is 0.225 e. The highest BCUT2D eigenvalue weighted by molar-refractivity contribution is 5.93. The molecule has 2 aromatic rings. The van der Waals surface area contributed by atoms with Crippen molar-refractivity contribution in [1.29, 1.82) is 0 Å². The van der Waals surface area contributed by atoms with E-state index < -0.39 is 0 Å². The third kappa shape index (κ3) is 6.51. The molecular formula is C28H41NO3. The molecule has 176 valence electrons. The molecule has 0 spiro atoms. The van der Waals surface area contributed by atoms with Crippen molar-refractivity contribution in [3.63, 3.8) is 0 Å². The van der Waals surface area contributed by atoms with Gasteiger partial charge in [-0.3, -0.25) is 4.79 Å². The molecule has 0 radical (unpaired) electrons. The molecule has 4 heteroatoms. The summed E-state index contributed by atoms with van der Waals surface area (Å²) in [5.41, 5.74) is 4.39. The lowest BCUT2D eigenvalue weighted by atomic mass is 9.88. The standard InChI is InChI=1S/C28H41NO3/c1-8-9-10-13-21(24-16-12-17-25(31-6)28(24)32-7)18-26(30)29-27-22(19(2)3)14-11-15-23(27)20(4)5/h11-12,14-17,19-21H,8-10,13,18H2,1-7H3,(H,29,30)/t21-/m0/s1. The molecule has 32 heavy (non-hydrogen) atoms. The van der Waals surface area contributed by atoms with E-state index in [0.717, 1.165) is 42.7 Å². The maximum absolute atomic E-state index is 13.3. The molecule has 0 unspecified atom stereocenters. The predicted molar refractivity (Wildman–Crippen MR) is 134 cm³/mol. The molecule has 0 saturated heterocycles. The summed E-state index contributed by atoms with van der Waals surface area (Å²) >= 11 is 0. The third-order valence-electron chi connectivity index (χ3n) is 6.10. The second kappa shape index (κ2) is 12.5. The van der Waals surface area contributed by atoms with Crippen LogP contribution in [0.1, 0.15) is 101 Å². The second-order valence-corrected chi connectivity index (χ2v) is 9.15. The zero-order valence-electron chi connectivity index (χ0n) is 21.0. The van der Waals surface area contributed by atoms with Crippen molar-refractivity contribution in [2.75, 3.05) is 19.5 Å². The van der Waals surface area contributed by atoms with E-state index in [-0.39, 0.29) is 11.8 Å². The van der Waals surface area contributed by atoms with Crippen molar-refractivity contribution in [2.45, 2.75) is 84.5 Å². The number of anilines is 1. The number of carbonyl (C=O) groups is 1. The second-order valence-electron chi connectivity index (χ2n) is 9.15. The highest BCUT2D eigenvalue weighted by Gasteiger charge is 2.23. The van der Waals surface area contributed by atoms with Crippen molar-refractivity contribution in [3.8, 4) is 11.5 Å². The van der Waals surface area contributed by atoms with E-state index in [9.17, 15) is 4.79 Å². The molecule has 1 atom stereocenters. The molecule has 4 nitrogen and oxygen atoms in total. The number of hydrogen-bond acceptors (Lipinski definition) is 3. The lowest BCUT2D eigenvalue weighted by Gasteiger charge is -2.23. The largest absolute Gasteiger partial charge is 0.493 e. The Morgan fingerprint density at radius 3 is 2.00 bits per heavy atom. The van der Waals surface area contributed by atoms with Gasteiger partial charge >= 0.3 is 0 Å². The highest BCUT2D eigenvalue weighted by atomic mass is 16.5. The van der Waals surface area contributed by atoms with Gasteiger partial charge in [-0.25, -0.2) is 0 Å². The van der Waals surface area contributed by atoms with Gasteiger partial charge in [-0.1, -0.05) is 84.2 Å². The quantitative estimate of drug-likeness (QED) is 0.346. The molecule has 0 bridgehead atoms. The van der Waals surface area contributed by atoms with Crippen molar-refractivity contribution in [3.05, 3.63) is 53.1 Å². The molecule has 0 aliphatic heterocycles. The summed E-state index contributed by atoms with van der Waals surface area (Å²) in [6, 6.07) is 12.3. The van der Waals surface area contributed by atoms with Gasteiger partial charge in [0.15, 0.2) is 11.5 Å². The Hall–Kier alpha value is -2.49. The number of ether oxygens (including phenoxy) is 2. The van der Waals surface area contributed by atoms with Gasteiger partial charge in [-0.15, -0.1) is 0 Å². The van der Waals surface area contributed by atoms with Crippen molar-refractivity contribution < 1.29 is 14.3 Å². The van der Waals surface area contributed by atoms with Crippen LogP contribution in [0.3, 0.4) is 0 Å². The van der Waals surface area contributed by atoms with Gasteiger partial charge in [0.1, 0.15) is 0 Å². The van der Waals surface area contributed by atoms with Crippen LogP contribution in [-0.2, 0) is 4.79 Å². The first-order chi connectivity index (χ1) is 15.3. The molecule has 1 amide bonds. The van der Waals surface area contributed by atoms with Crippen LogP contribution in [0.5, 0.6) is 11.5 Å². The van der Waals surface area contributed by atoms with Crippen molar-refractivity contribution >= 4 is 11.6 Å². The van der Waals surface area contributed by atoms with Gasteiger partial charge in [-0.2, -0.15) is 0 Å². The fourth-order valence-corrected chi connectivity index (χ4v) is 4.35. The van der Waals surface area contributed by atoms with Gasteiger partial charge in [0.25, 0.3) is 0 Å². The topological polar surface area (TPSA) is 47.6 Å². The summed E-state index contributed by atoms with van der Waals surface area (Å²) in [6.45, 7) is 10.9. The monoisotopic (exact) mass is 439 g/mol. The highest BCUT2D eigenvalue weighted by Crippen LogP contribution is 2.40. The van der Waals surface area contributed by atoms with E-state index in [1.54, 1.807) is 14.2 Å². The van der Waals surface area contributed by atoms with Crippen LogP contribution in [0.25, 0.3) is 0 Å². The summed E-state index contributed by atoms with van der Waals surface area (Å²) in [4.78, 5) is 13.3. The minimum Gasteiger partial charge on any atom is -0.493 e.